The highest BCUT2D eigenvalue weighted by Crippen LogP contribution is 2.87. The molecular formula is C40H69N3O5. The molecule has 2 heterocycles. The average Bonchev–Trinajstić information content (AvgIpc) is 3.60. The number of ether oxygens (including phenoxy) is 3. The van der Waals surface area contributed by atoms with E-state index in [1.807, 2.05) is 20.8 Å². The number of amides is 1. The summed E-state index contributed by atoms with van der Waals surface area (Å²) >= 11 is 0. The van der Waals surface area contributed by atoms with Crippen LogP contribution in [-0.2, 0) is 14.2 Å². The summed E-state index contributed by atoms with van der Waals surface area (Å²) in [6.07, 6.45) is 12.0. The lowest BCUT2D eigenvalue weighted by Gasteiger charge is -2.59. The first-order valence-corrected chi connectivity index (χ1v) is 20.1. The SMILES string of the molecule is CCOC(C1CCC2C(CC3C4CCC5C(C)(C)C(OC(=O)NCCN6CCN(C(C)C)CC6)CCC56CC46CCC23C)O1)C(C)(C)O. The number of fused-ring (bicyclic) bond motifs is 4. The van der Waals surface area contributed by atoms with Crippen molar-refractivity contribution in [3.05, 3.63) is 0 Å². The number of aliphatic hydroxyl groups is 1. The molecule has 11 atom stereocenters. The van der Waals surface area contributed by atoms with Crippen molar-refractivity contribution in [2.45, 2.75) is 156 Å². The van der Waals surface area contributed by atoms with Gasteiger partial charge in [-0.2, -0.15) is 0 Å². The lowest BCUT2D eigenvalue weighted by atomic mass is 9.46. The number of hydrogen-bond acceptors (Lipinski definition) is 7. The van der Waals surface area contributed by atoms with Crippen molar-refractivity contribution in [3.8, 4) is 0 Å². The molecular weight excluding hydrogens is 602 g/mol. The van der Waals surface area contributed by atoms with Gasteiger partial charge >= 0.3 is 6.09 Å². The first-order valence-electron chi connectivity index (χ1n) is 20.1. The molecule has 0 bridgehead atoms. The Hall–Kier alpha value is -0.930. The van der Waals surface area contributed by atoms with E-state index < -0.39 is 5.60 Å². The Morgan fingerprint density at radius 3 is 2.38 bits per heavy atom. The maximum absolute atomic E-state index is 13.1. The van der Waals surface area contributed by atoms with Gasteiger partial charge in [-0.05, 0) is 139 Å². The maximum atomic E-state index is 13.1. The minimum atomic E-state index is -0.912. The Morgan fingerprint density at radius 2 is 1.69 bits per heavy atom. The Labute approximate surface area is 291 Å². The molecule has 5 saturated carbocycles. The number of nitrogens with zero attached hydrogens (tertiary/aromatic N) is 2. The lowest BCUT2D eigenvalue weighted by Crippen LogP contribution is -2.55. The maximum Gasteiger partial charge on any atom is 0.407 e. The van der Waals surface area contributed by atoms with Crippen LogP contribution >= 0.6 is 0 Å². The van der Waals surface area contributed by atoms with Gasteiger partial charge in [-0.3, -0.25) is 9.80 Å². The van der Waals surface area contributed by atoms with Gasteiger partial charge in [0.05, 0.1) is 17.8 Å². The Bertz CT molecular complexity index is 1180. The fraction of sp³-hybridized carbons (Fsp3) is 0.975. The van der Waals surface area contributed by atoms with Crippen molar-refractivity contribution < 1.29 is 24.1 Å². The minimum absolute atomic E-state index is 0.0105. The summed E-state index contributed by atoms with van der Waals surface area (Å²) < 4.78 is 19.3. The van der Waals surface area contributed by atoms with Crippen LogP contribution in [0.3, 0.4) is 0 Å². The molecule has 8 heteroatoms. The molecule has 0 aromatic heterocycles. The molecule has 7 rings (SSSR count). The minimum Gasteiger partial charge on any atom is -0.446 e. The standard InChI is InChI=1S/C40H69N3O5/c1-9-46-34(37(6,7)45)30-12-10-28-31(47-30)24-29-27-11-13-32-36(4,5)33(14-15-40(32)25-39(27,40)17-16-38(28,29)8)48-35(44)41-18-19-42-20-22-43(23-21-42)26(2)3/h26-34,45H,9-25H2,1-8H3,(H,41,44). The molecule has 2 spiro atoms. The van der Waals surface area contributed by atoms with Crippen LogP contribution in [0.2, 0.25) is 0 Å². The second kappa shape index (κ2) is 12.6. The van der Waals surface area contributed by atoms with E-state index in [0.29, 0.717) is 47.3 Å². The summed E-state index contributed by atoms with van der Waals surface area (Å²) in [5, 5.41) is 14.1. The van der Waals surface area contributed by atoms with Gasteiger partial charge in [-0.25, -0.2) is 4.79 Å². The summed E-state index contributed by atoms with van der Waals surface area (Å²) in [6, 6.07) is 0.604. The van der Waals surface area contributed by atoms with Gasteiger partial charge in [0.2, 0.25) is 0 Å². The van der Waals surface area contributed by atoms with E-state index in [9.17, 15) is 9.90 Å². The van der Waals surface area contributed by atoms with Crippen molar-refractivity contribution in [1.29, 1.82) is 0 Å². The smallest absolute Gasteiger partial charge is 0.407 e. The van der Waals surface area contributed by atoms with Crippen LogP contribution in [0.4, 0.5) is 4.79 Å². The molecule has 2 N–H and O–H groups in total. The van der Waals surface area contributed by atoms with Gasteiger partial charge in [-0.1, -0.05) is 20.8 Å². The normalized spacial score (nSPS) is 44.5. The molecule has 8 nitrogen and oxygen atoms in total. The second-order valence-electron chi connectivity index (χ2n) is 19.2. The van der Waals surface area contributed by atoms with E-state index in [2.05, 4.69) is 49.7 Å². The lowest BCUT2D eigenvalue weighted by molar-refractivity contribution is -0.193. The molecule has 2 aliphatic heterocycles. The zero-order valence-corrected chi connectivity index (χ0v) is 31.7. The molecule has 2 saturated heterocycles. The van der Waals surface area contributed by atoms with E-state index in [0.717, 1.165) is 57.4 Å². The van der Waals surface area contributed by atoms with E-state index in [-0.39, 0.29) is 35.9 Å². The predicted octanol–water partition coefficient (Wildman–Crippen LogP) is 6.49. The third kappa shape index (κ3) is 5.69. The Kier molecular flexibility index (Phi) is 9.34. The van der Waals surface area contributed by atoms with E-state index in [1.54, 1.807) is 0 Å². The monoisotopic (exact) mass is 672 g/mol. The first-order chi connectivity index (χ1) is 22.7. The molecule has 1 amide bonds. The first kappa shape index (κ1) is 35.5. The van der Waals surface area contributed by atoms with Crippen LogP contribution in [-0.4, -0.2) is 103 Å². The predicted molar refractivity (Wildman–Crippen MR) is 189 cm³/mol. The summed E-state index contributed by atoms with van der Waals surface area (Å²) in [5.74, 6) is 2.76. The van der Waals surface area contributed by atoms with Crippen molar-refractivity contribution in [2.24, 2.45) is 45.3 Å². The molecule has 0 aromatic carbocycles. The van der Waals surface area contributed by atoms with Crippen molar-refractivity contribution in [1.82, 2.24) is 15.1 Å². The number of piperazine rings is 1. The van der Waals surface area contributed by atoms with Crippen LogP contribution < -0.4 is 5.32 Å². The van der Waals surface area contributed by atoms with Crippen molar-refractivity contribution in [3.63, 3.8) is 0 Å². The highest BCUT2D eigenvalue weighted by atomic mass is 16.6. The van der Waals surface area contributed by atoms with E-state index >= 15 is 0 Å². The van der Waals surface area contributed by atoms with Gasteiger partial charge in [0.15, 0.2) is 0 Å². The quantitative estimate of drug-likeness (QED) is 0.290. The number of alkyl carbamates (subject to hydrolysis) is 1. The summed E-state index contributed by atoms with van der Waals surface area (Å²) in [4.78, 5) is 18.1. The number of carbonyl (C=O) groups is 1. The molecule has 0 radical (unpaired) electrons. The number of rotatable bonds is 9. The van der Waals surface area contributed by atoms with Gasteiger partial charge in [-0.15, -0.1) is 0 Å². The van der Waals surface area contributed by atoms with E-state index in [4.69, 9.17) is 14.2 Å². The Balaban J connectivity index is 0.964. The van der Waals surface area contributed by atoms with Gasteiger partial charge in [0.1, 0.15) is 12.2 Å². The van der Waals surface area contributed by atoms with Crippen molar-refractivity contribution in [2.75, 3.05) is 45.9 Å². The Morgan fingerprint density at radius 1 is 0.958 bits per heavy atom. The molecule has 5 aliphatic carbocycles. The van der Waals surface area contributed by atoms with Gasteiger partial charge in [0, 0.05) is 57.3 Å². The summed E-state index contributed by atoms with van der Waals surface area (Å²) in [7, 11) is 0. The number of carbonyl (C=O) groups excluding carboxylic acids is 1. The second-order valence-corrected chi connectivity index (χ2v) is 19.2. The molecule has 0 aromatic rings. The summed E-state index contributed by atoms with van der Waals surface area (Å²) in [6.45, 7) is 24.3. The van der Waals surface area contributed by atoms with Crippen molar-refractivity contribution >= 4 is 6.09 Å². The topological polar surface area (TPSA) is 83.5 Å². The number of hydrogen-bond donors (Lipinski definition) is 2. The molecule has 11 unspecified atom stereocenters. The molecule has 7 fully saturated rings. The van der Waals surface area contributed by atoms with Crippen LogP contribution in [0, 0.1) is 45.3 Å². The van der Waals surface area contributed by atoms with Crippen LogP contribution in [0.1, 0.15) is 120 Å². The van der Waals surface area contributed by atoms with Gasteiger partial charge in [0.25, 0.3) is 0 Å². The third-order valence-corrected chi connectivity index (χ3v) is 16.0. The van der Waals surface area contributed by atoms with E-state index in [1.165, 1.54) is 51.4 Å². The fourth-order valence-corrected chi connectivity index (χ4v) is 13.6. The van der Waals surface area contributed by atoms with Gasteiger partial charge < -0.3 is 24.6 Å². The zero-order valence-electron chi connectivity index (χ0n) is 31.7. The largest absolute Gasteiger partial charge is 0.446 e. The summed E-state index contributed by atoms with van der Waals surface area (Å²) in [5.41, 5.74) is 0.327. The zero-order chi connectivity index (χ0) is 34.3. The van der Waals surface area contributed by atoms with Crippen LogP contribution in [0.5, 0.6) is 0 Å². The molecule has 48 heavy (non-hydrogen) atoms. The molecule has 7 aliphatic rings. The third-order valence-electron chi connectivity index (χ3n) is 16.0. The highest BCUT2D eigenvalue weighted by Gasteiger charge is 2.81. The highest BCUT2D eigenvalue weighted by molar-refractivity contribution is 5.67. The van der Waals surface area contributed by atoms with Crippen LogP contribution in [0.25, 0.3) is 0 Å². The molecule has 274 valence electrons. The average molecular weight is 672 g/mol. The fourth-order valence-electron chi connectivity index (χ4n) is 13.6. The van der Waals surface area contributed by atoms with Crippen LogP contribution in [0.15, 0.2) is 0 Å². The number of nitrogens with one attached hydrogen (secondary N) is 1.